The van der Waals surface area contributed by atoms with Gasteiger partial charge in [0, 0.05) is 5.56 Å². The normalized spacial score (nSPS) is 16.9. The molecule has 1 aliphatic heterocycles. The number of hydrogen-bond acceptors (Lipinski definition) is 7. The van der Waals surface area contributed by atoms with Gasteiger partial charge in [-0.05, 0) is 80.4 Å². The van der Waals surface area contributed by atoms with Crippen LogP contribution in [0.5, 0.6) is 11.5 Å². The number of ether oxygens (including phenoxy) is 2. The summed E-state index contributed by atoms with van der Waals surface area (Å²) in [5.74, 6) is -0.520. The molecule has 1 unspecified atom stereocenters. The lowest BCUT2D eigenvalue weighted by atomic mass is 9.95. The third kappa shape index (κ3) is 4.56. The molecule has 7 nitrogen and oxygen atoms in total. The van der Waals surface area contributed by atoms with Crippen LogP contribution >= 0.6 is 11.3 Å². The van der Waals surface area contributed by atoms with Gasteiger partial charge in [-0.2, -0.15) is 0 Å². The third-order valence-corrected chi connectivity index (χ3v) is 7.12. The van der Waals surface area contributed by atoms with Crippen molar-refractivity contribution in [2.24, 2.45) is 0 Å². The Morgan fingerprint density at radius 1 is 0.973 bits per heavy atom. The van der Waals surface area contributed by atoms with Crippen LogP contribution in [0.3, 0.4) is 0 Å². The summed E-state index contributed by atoms with van der Waals surface area (Å²) in [5.41, 5.74) is 2.85. The van der Waals surface area contributed by atoms with Crippen LogP contribution in [0.2, 0.25) is 0 Å². The molecule has 1 atom stereocenters. The highest BCUT2D eigenvalue weighted by Crippen LogP contribution is 2.45. The number of ketones is 1. The molecule has 1 N–H and O–H groups in total. The molecule has 0 saturated carbocycles. The van der Waals surface area contributed by atoms with Gasteiger partial charge < -0.3 is 14.6 Å². The largest absolute Gasteiger partial charge is 0.507 e. The number of rotatable bonds is 7. The first-order valence-electron chi connectivity index (χ1n) is 12.1. The highest BCUT2D eigenvalue weighted by molar-refractivity contribution is 7.22. The number of Topliss-reactive ketones (excluding diaryl/α,β-unsaturated/α-hetero) is 1. The van der Waals surface area contributed by atoms with Gasteiger partial charge in [0.15, 0.2) is 5.13 Å². The van der Waals surface area contributed by atoms with Gasteiger partial charge in [-0.25, -0.2) is 4.98 Å². The molecule has 0 aliphatic carbocycles. The topological polar surface area (TPSA) is 89.0 Å². The number of fused-ring (bicyclic) bond motifs is 1. The maximum atomic E-state index is 13.5. The fourth-order valence-corrected chi connectivity index (χ4v) is 5.53. The number of aryl methyl sites for hydroxylation is 1. The van der Waals surface area contributed by atoms with E-state index >= 15 is 0 Å². The van der Waals surface area contributed by atoms with Crippen molar-refractivity contribution < 1.29 is 24.2 Å². The van der Waals surface area contributed by atoms with E-state index in [4.69, 9.17) is 9.47 Å². The van der Waals surface area contributed by atoms with Crippen LogP contribution in [0.1, 0.15) is 36.6 Å². The van der Waals surface area contributed by atoms with Crippen molar-refractivity contribution in [3.05, 3.63) is 89.0 Å². The second-order valence-corrected chi connectivity index (χ2v) is 9.61. The molecular weight excluding hydrogens is 488 g/mol. The van der Waals surface area contributed by atoms with Gasteiger partial charge in [0.25, 0.3) is 5.78 Å². The van der Waals surface area contributed by atoms with E-state index in [1.165, 1.54) is 16.2 Å². The van der Waals surface area contributed by atoms with E-state index in [1.54, 1.807) is 36.4 Å². The maximum Gasteiger partial charge on any atom is 0.301 e. The molecule has 1 saturated heterocycles. The number of nitrogens with zero attached hydrogens (tertiary/aromatic N) is 2. The first-order chi connectivity index (χ1) is 17.9. The van der Waals surface area contributed by atoms with Crippen molar-refractivity contribution >= 4 is 44.1 Å². The van der Waals surface area contributed by atoms with Crippen molar-refractivity contribution in [1.82, 2.24) is 4.98 Å². The van der Waals surface area contributed by atoms with E-state index in [1.807, 2.05) is 51.1 Å². The summed E-state index contributed by atoms with van der Waals surface area (Å²) >= 11 is 1.33. The number of carbonyl (C=O) groups excluding carboxylic acids is 2. The monoisotopic (exact) mass is 514 g/mol. The predicted molar refractivity (Wildman–Crippen MR) is 144 cm³/mol. The van der Waals surface area contributed by atoms with E-state index in [0.717, 1.165) is 15.8 Å². The van der Waals surface area contributed by atoms with Crippen molar-refractivity contribution in [2.75, 3.05) is 18.1 Å². The number of hydrogen-bond donors (Lipinski definition) is 1. The number of carbonyl (C=O) groups is 2. The molecule has 4 aromatic rings. The van der Waals surface area contributed by atoms with E-state index in [2.05, 4.69) is 4.98 Å². The Morgan fingerprint density at radius 2 is 1.70 bits per heavy atom. The quantitative estimate of drug-likeness (QED) is 0.184. The summed E-state index contributed by atoms with van der Waals surface area (Å²) in [7, 11) is 0. The Morgan fingerprint density at radius 3 is 2.43 bits per heavy atom. The average molecular weight is 515 g/mol. The molecule has 0 spiro atoms. The number of anilines is 1. The number of aliphatic hydroxyl groups excluding tert-OH is 1. The zero-order valence-electron chi connectivity index (χ0n) is 20.7. The van der Waals surface area contributed by atoms with Crippen LogP contribution < -0.4 is 14.4 Å². The molecule has 188 valence electrons. The van der Waals surface area contributed by atoms with Crippen molar-refractivity contribution in [2.45, 2.75) is 26.8 Å². The van der Waals surface area contributed by atoms with Crippen molar-refractivity contribution in [3.63, 3.8) is 0 Å². The third-order valence-electron chi connectivity index (χ3n) is 6.11. The van der Waals surface area contributed by atoms with Gasteiger partial charge in [-0.15, -0.1) is 0 Å². The lowest BCUT2D eigenvalue weighted by Crippen LogP contribution is -2.29. The minimum absolute atomic E-state index is 0.00162. The van der Waals surface area contributed by atoms with E-state index in [-0.39, 0.29) is 11.3 Å². The second-order valence-electron chi connectivity index (χ2n) is 8.60. The van der Waals surface area contributed by atoms with Gasteiger partial charge >= 0.3 is 5.91 Å². The van der Waals surface area contributed by atoms with E-state index in [9.17, 15) is 14.7 Å². The molecule has 5 rings (SSSR count). The number of aliphatic hydroxyl groups is 1. The van der Waals surface area contributed by atoms with Crippen LogP contribution in [-0.4, -0.2) is 35.0 Å². The summed E-state index contributed by atoms with van der Waals surface area (Å²) in [4.78, 5) is 33.0. The minimum Gasteiger partial charge on any atom is -0.507 e. The molecule has 1 amide bonds. The van der Waals surface area contributed by atoms with Crippen LogP contribution in [-0.2, 0) is 9.59 Å². The second kappa shape index (κ2) is 10.1. The summed E-state index contributed by atoms with van der Waals surface area (Å²) in [5, 5.41) is 11.8. The van der Waals surface area contributed by atoms with Crippen LogP contribution in [0, 0.1) is 6.92 Å². The number of amides is 1. The fraction of sp³-hybridized carbons (Fsp3) is 0.207. The maximum absolute atomic E-state index is 13.5. The van der Waals surface area contributed by atoms with Gasteiger partial charge in [-0.3, -0.25) is 14.5 Å². The Bertz CT molecular complexity index is 1520. The van der Waals surface area contributed by atoms with E-state index in [0.29, 0.717) is 41.0 Å². The fourth-order valence-electron chi connectivity index (χ4n) is 4.44. The SMILES string of the molecule is CCOc1ccc(C(O)=C2C(=O)C(=O)N(c3nc4ccc(C)cc4s3)C2c2cccc(OCC)c2)cc1. The van der Waals surface area contributed by atoms with Crippen molar-refractivity contribution in [1.29, 1.82) is 0 Å². The molecule has 3 aromatic carbocycles. The Hall–Kier alpha value is -4.17. The van der Waals surface area contributed by atoms with Gasteiger partial charge in [0.2, 0.25) is 0 Å². The Kier molecular flexibility index (Phi) is 6.67. The number of benzene rings is 3. The Labute approximate surface area is 218 Å². The van der Waals surface area contributed by atoms with Crippen LogP contribution in [0.4, 0.5) is 5.13 Å². The molecule has 0 radical (unpaired) electrons. The zero-order chi connectivity index (χ0) is 26.1. The van der Waals surface area contributed by atoms with Gasteiger partial charge in [-0.1, -0.05) is 29.5 Å². The predicted octanol–water partition coefficient (Wildman–Crippen LogP) is 6.03. The van der Waals surface area contributed by atoms with Gasteiger partial charge in [0.1, 0.15) is 17.3 Å². The summed E-state index contributed by atoms with van der Waals surface area (Å²) < 4.78 is 12.1. The van der Waals surface area contributed by atoms with Crippen molar-refractivity contribution in [3.8, 4) is 11.5 Å². The average Bonchev–Trinajstić information content (AvgIpc) is 3.42. The van der Waals surface area contributed by atoms with Crippen LogP contribution in [0.25, 0.3) is 16.0 Å². The lowest BCUT2D eigenvalue weighted by molar-refractivity contribution is -0.132. The molecule has 2 heterocycles. The summed E-state index contributed by atoms with van der Waals surface area (Å²) in [6.45, 7) is 6.73. The molecule has 1 aliphatic rings. The first-order valence-corrected chi connectivity index (χ1v) is 12.9. The highest BCUT2D eigenvalue weighted by Gasteiger charge is 2.48. The first kappa shape index (κ1) is 24.5. The van der Waals surface area contributed by atoms with Crippen LogP contribution in [0.15, 0.2) is 72.3 Å². The van der Waals surface area contributed by atoms with E-state index < -0.39 is 17.7 Å². The molecule has 0 bridgehead atoms. The molecule has 1 aromatic heterocycles. The number of aromatic nitrogens is 1. The molecular formula is C29H26N2O5S. The summed E-state index contributed by atoms with van der Waals surface area (Å²) in [6.07, 6.45) is 0. The smallest absolute Gasteiger partial charge is 0.301 e. The minimum atomic E-state index is -0.881. The molecule has 1 fully saturated rings. The highest BCUT2D eigenvalue weighted by atomic mass is 32.1. The zero-order valence-corrected chi connectivity index (χ0v) is 21.5. The number of thiazole rings is 1. The van der Waals surface area contributed by atoms with Gasteiger partial charge in [0.05, 0.1) is 35.0 Å². The lowest BCUT2D eigenvalue weighted by Gasteiger charge is -2.23. The molecule has 37 heavy (non-hydrogen) atoms. The Balaban J connectivity index is 1.69. The summed E-state index contributed by atoms with van der Waals surface area (Å²) in [6, 6.07) is 19.0. The molecule has 8 heteroatoms. The standard InChI is InChI=1S/C29H26N2O5S/c1-4-35-20-12-10-18(11-13-20)26(32)24-25(19-7-6-8-21(16-19)36-5-2)31(28(34)27(24)33)29-30-22-14-9-17(3)15-23(22)37-29/h6-16,25,32H,4-5H2,1-3H3.